The van der Waals surface area contributed by atoms with E-state index < -0.39 is 12.2 Å². The molecule has 1 aromatic rings. The number of allylic oxidation sites excluding steroid dienone is 2. The molecule has 3 rings (SSSR count). The molecule has 1 unspecified atom stereocenters. The number of amides is 1. The smallest absolute Gasteiger partial charge is 0.387 e. The van der Waals surface area contributed by atoms with Crippen molar-refractivity contribution in [2.24, 2.45) is 16.6 Å². The highest BCUT2D eigenvalue weighted by atomic mass is 19.3. The van der Waals surface area contributed by atoms with Crippen LogP contribution in [-0.4, -0.2) is 18.5 Å². The average Bonchev–Trinajstić information content (AvgIpc) is 2.91. The summed E-state index contributed by atoms with van der Waals surface area (Å²) in [6.07, 6.45) is 6.89. The molecule has 0 fully saturated rings. The lowest BCUT2D eigenvalue weighted by atomic mass is 9.74. The van der Waals surface area contributed by atoms with Gasteiger partial charge in [0, 0.05) is 5.92 Å². The zero-order valence-corrected chi connectivity index (χ0v) is 14.4. The van der Waals surface area contributed by atoms with Crippen LogP contribution in [0.5, 0.6) is 0 Å². The number of rotatable bonds is 6. The minimum absolute atomic E-state index is 0.0582. The summed E-state index contributed by atoms with van der Waals surface area (Å²) in [7, 11) is 0. The van der Waals surface area contributed by atoms with Crippen molar-refractivity contribution in [3.05, 3.63) is 59.4 Å². The number of guanidine groups is 1. The third-order valence-corrected chi connectivity index (χ3v) is 4.62. The van der Waals surface area contributed by atoms with Crippen molar-refractivity contribution in [3.8, 4) is 0 Å². The maximum absolute atomic E-state index is 12.8. The fourth-order valence-electron chi connectivity index (χ4n) is 3.49. The van der Waals surface area contributed by atoms with Crippen LogP contribution in [0.1, 0.15) is 30.9 Å². The third-order valence-electron chi connectivity index (χ3n) is 4.62. The number of nitrogens with zero attached hydrogens (tertiary/aromatic N) is 1. The molecule has 1 heterocycles. The highest BCUT2D eigenvalue weighted by Gasteiger charge is 2.50. The van der Waals surface area contributed by atoms with Crippen molar-refractivity contribution in [2.45, 2.75) is 38.3 Å². The Bertz CT molecular complexity index is 789. The Labute approximate surface area is 150 Å². The van der Waals surface area contributed by atoms with Crippen LogP contribution in [0.4, 0.5) is 8.78 Å². The number of aryl methyl sites for hydroxylation is 1. The van der Waals surface area contributed by atoms with Crippen LogP contribution < -0.4 is 11.1 Å². The second-order valence-corrected chi connectivity index (χ2v) is 6.35. The molecule has 0 bridgehead atoms. The Morgan fingerprint density at radius 2 is 2.27 bits per heavy atom. The van der Waals surface area contributed by atoms with Crippen molar-refractivity contribution < 1.29 is 18.3 Å². The van der Waals surface area contributed by atoms with Gasteiger partial charge in [-0.05, 0) is 36.1 Å². The first-order chi connectivity index (χ1) is 12.5. The van der Waals surface area contributed by atoms with Gasteiger partial charge in [0.2, 0.25) is 0 Å². The molecule has 2 aliphatic rings. The van der Waals surface area contributed by atoms with Crippen molar-refractivity contribution >= 4 is 11.9 Å². The monoisotopic (exact) mass is 361 g/mol. The first-order valence-corrected chi connectivity index (χ1v) is 8.55. The molecule has 3 N–H and O–H groups in total. The fraction of sp³-hybridized carbons (Fsp3) is 0.368. The van der Waals surface area contributed by atoms with E-state index in [0.29, 0.717) is 6.42 Å². The van der Waals surface area contributed by atoms with Crippen molar-refractivity contribution in [1.29, 1.82) is 0 Å². The molecule has 0 saturated heterocycles. The van der Waals surface area contributed by atoms with Crippen LogP contribution in [0.2, 0.25) is 0 Å². The van der Waals surface area contributed by atoms with Crippen LogP contribution >= 0.6 is 0 Å². The number of nitrogens with two attached hydrogens (primary N) is 1. The van der Waals surface area contributed by atoms with Gasteiger partial charge < -0.3 is 10.5 Å². The molecule has 138 valence electrons. The first kappa shape index (κ1) is 18.1. The Morgan fingerprint density at radius 1 is 1.46 bits per heavy atom. The number of ether oxygens (including phenoxy) is 1. The minimum atomic E-state index is -2.88. The topological polar surface area (TPSA) is 76.7 Å². The zero-order chi connectivity index (χ0) is 18.7. The average molecular weight is 361 g/mol. The lowest BCUT2D eigenvalue weighted by Gasteiger charge is -2.32. The molecule has 0 radical (unpaired) electrons. The summed E-state index contributed by atoms with van der Waals surface area (Å²) in [6, 6.07) is 7.72. The number of carbonyl (C=O) groups excluding carboxylic acids is 1. The Balaban J connectivity index is 1.98. The fourth-order valence-corrected chi connectivity index (χ4v) is 3.49. The van der Waals surface area contributed by atoms with Gasteiger partial charge in [-0.2, -0.15) is 8.78 Å². The predicted molar refractivity (Wildman–Crippen MR) is 94.3 cm³/mol. The predicted octanol–water partition coefficient (Wildman–Crippen LogP) is 2.98. The Morgan fingerprint density at radius 3 is 2.85 bits per heavy atom. The first-order valence-electron chi connectivity index (χ1n) is 8.55. The lowest BCUT2D eigenvalue weighted by Crippen LogP contribution is -2.43. The van der Waals surface area contributed by atoms with Crippen LogP contribution in [0.3, 0.4) is 0 Å². The van der Waals surface area contributed by atoms with E-state index >= 15 is 0 Å². The van der Waals surface area contributed by atoms with Crippen molar-refractivity contribution in [3.63, 3.8) is 0 Å². The summed E-state index contributed by atoms with van der Waals surface area (Å²) in [6.45, 7) is -0.800. The highest BCUT2D eigenvalue weighted by Crippen LogP contribution is 2.42. The summed E-state index contributed by atoms with van der Waals surface area (Å²) < 4.78 is 29.2. The zero-order valence-electron chi connectivity index (χ0n) is 14.4. The molecule has 0 saturated carbocycles. The van der Waals surface area contributed by atoms with E-state index in [1.807, 2.05) is 24.3 Å². The molecule has 0 aromatic heterocycles. The van der Waals surface area contributed by atoms with E-state index in [1.165, 1.54) is 6.08 Å². The van der Waals surface area contributed by atoms with Gasteiger partial charge in [-0.1, -0.05) is 43.7 Å². The van der Waals surface area contributed by atoms with E-state index in [1.54, 1.807) is 12.2 Å². The standard InChI is InChI=1S/C19H21F2N3O2/c1-2-4-12-5-3-6-14(11-12)19(16(25)23-18(22)24-19)13-7-9-15(10-8-13)26-17(20)21/h3,5-7,9-11,13,17H,2,4,8H2,1H3,(H3,22,23,24,25)/t13?,19-/m1/s1. The molecule has 5 nitrogen and oxygen atoms in total. The molecule has 1 amide bonds. The van der Waals surface area contributed by atoms with Crippen molar-refractivity contribution in [1.82, 2.24) is 5.32 Å². The van der Waals surface area contributed by atoms with E-state index in [9.17, 15) is 13.6 Å². The molecule has 7 heteroatoms. The normalized spacial score (nSPS) is 25.1. The highest BCUT2D eigenvalue weighted by molar-refractivity contribution is 6.07. The van der Waals surface area contributed by atoms with E-state index in [0.717, 1.165) is 24.0 Å². The summed E-state index contributed by atoms with van der Waals surface area (Å²) in [5, 5.41) is 2.58. The van der Waals surface area contributed by atoms with Gasteiger partial charge in [-0.15, -0.1) is 0 Å². The number of nitrogens with one attached hydrogen (secondary N) is 1. The third kappa shape index (κ3) is 3.34. The maximum atomic E-state index is 12.8. The number of halogens is 2. The van der Waals surface area contributed by atoms with E-state index in [-0.39, 0.29) is 23.5 Å². The van der Waals surface area contributed by atoms with Crippen molar-refractivity contribution in [2.75, 3.05) is 0 Å². The van der Waals surface area contributed by atoms with Gasteiger partial charge in [-0.3, -0.25) is 10.1 Å². The van der Waals surface area contributed by atoms with Gasteiger partial charge >= 0.3 is 6.61 Å². The van der Waals surface area contributed by atoms with Crippen LogP contribution in [0.15, 0.2) is 53.2 Å². The van der Waals surface area contributed by atoms with Crippen LogP contribution in [0.25, 0.3) is 0 Å². The summed E-state index contributed by atoms with van der Waals surface area (Å²) >= 11 is 0. The summed E-state index contributed by atoms with van der Waals surface area (Å²) in [5.41, 5.74) is 6.42. The largest absolute Gasteiger partial charge is 0.435 e. The molecule has 1 aliphatic carbocycles. The maximum Gasteiger partial charge on any atom is 0.387 e. The van der Waals surface area contributed by atoms with Crippen LogP contribution in [0, 0.1) is 5.92 Å². The molecule has 26 heavy (non-hydrogen) atoms. The number of hydrogen-bond donors (Lipinski definition) is 2. The number of hydrogen-bond acceptors (Lipinski definition) is 4. The van der Waals surface area contributed by atoms with Gasteiger partial charge in [-0.25, -0.2) is 4.99 Å². The second-order valence-electron chi connectivity index (χ2n) is 6.35. The Kier molecular flexibility index (Phi) is 5.06. The van der Waals surface area contributed by atoms with Gasteiger partial charge in [0.05, 0.1) is 0 Å². The number of carbonyl (C=O) groups is 1. The molecule has 0 spiro atoms. The molecular formula is C19H21F2N3O2. The van der Waals surface area contributed by atoms with Gasteiger partial charge in [0.1, 0.15) is 5.76 Å². The van der Waals surface area contributed by atoms with E-state index in [4.69, 9.17) is 5.73 Å². The lowest BCUT2D eigenvalue weighted by molar-refractivity contribution is -0.125. The van der Waals surface area contributed by atoms with Gasteiger partial charge in [0.25, 0.3) is 5.91 Å². The summed E-state index contributed by atoms with van der Waals surface area (Å²) in [4.78, 5) is 17.3. The second kappa shape index (κ2) is 7.27. The van der Waals surface area contributed by atoms with E-state index in [2.05, 4.69) is 22.0 Å². The van der Waals surface area contributed by atoms with Gasteiger partial charge in [0.15, 0.2) is 11.5 Å². The molecular weight excluding hydrogens is 340 g/mol. The summed E-state index contributed by atoms with van der Waals surface area (Å²) in [5.74, 6) is -0.528. The Hall–Kier alpha value is -2.70. The SMILES string of the molecule is CCCc1cccc([C@@]2(C3C=CC(OC(F)F)=CC3)N=C(N)NC2=O)c1. The number of aliphatic imine (C=N–C) groups is 1. The minimum Gasteiger partial charge on any atom is -0.435 e. The number of benzene rings is 1. The molecule has 2 atom stereocenters. The quantitative estimate of drug-likeness (QED) is 0.818. The molecule has 1 aliphatic heterocycles. The molecule has 1 aromatic carbocycles. The van der Waals surface area contributed by atoms with Crippen LogP contribution in [-0.2, 0) is 21.5 Å². The number of alkyl halides is 2.